The number of para-hydroxylation sites is 1. The van der Waals surface area contributed by atoms with Crippen molar-refractivity contribution in [3.63, 3.8) is 0 Å². The van der Waals surface area contributed by atoms with E-state index in [4.69, 9.17) is 4.74 Å². The number of hydrogen-bond acceptors (Lipinski definition) is 4. The molecule has 0 saturated carbocycles. The van der Waals surface area contributed by atoms with Gasteiger partial charge in [-0.2, -0.15) is 0 Å². The summed E-state index contributed by atoms with van der Waals surface area (Å²) in [5.41, 5.74) is -0.774. The lowest BCUT2D eigenvalue weighted by Crippen LogP contribution is -2.38. The van der Waals surface area contributed by atoms with Crippen molar-refractivity contribution >= 4 is 5.97 Å². The van der Waals surface area contributed by atoms with Gasteiger partial charge in [0.25, 0.3) is 0 Å². The molecule has 0 radical (unpaired) electrons. The van der Waals surface area contributed by atoms with E-state index < -0.39 is 11.6 Å². The number of rotatable bonds is 4. The van der Waals surface area contributed by atoms with Gasteiger partial charge in [-0.25, -0.2) is 4.79 Å². The summed E-state index contributed by atoms with van der Waals surface area (Å²) in [4.78, 5) is 11.3. The maximum absolute atomic E-state index is 11.3. The lowest BCUT2D eigenvalue weighted by atomic mass is 9.96. The van der Waals surface area contributed by atoms with Crippen LogP contribution in [0.15, 0.2) is 24.3 Å². The predicted molar refractivity (Wildman–Crippen MR) is 59.3 cm³/mol. The second-order valence-electron chi connectivity index (χ2n) is 3.75. The minimum atomic E-state index is -1.54. The summed E-state index contributed by atoms with van der Waals surface area (Å²) in [6, 6.07) is 7.24. The van der Waals surface area contributed by atoms with E-state index in [0.29, 0.717) is 5.75 Å². The zero-order chi connectivity index (χ0) is 12.2. The van der Waals surface area contributed by atoms with Gasteiger partial charge in [-0.3, -0.25) is 0 Å². The largest absolute Gasteiger partial charge is 0.496 e. The Morgan fingerprint density at radius 1 is 1.38 bits per heavy atom. The summed E-state index contributed by atoms with van der Waals surface area (Å²) >= 11 is 0. The van der Waals surface area contributed by atoms with Crippen LogP contribution in [0.4, 0.5) is 0 Å². The molecule has 0 aliphatic carbocycles. The molecular weight excluding hydrogens is 208 g/mol. The Morgan fingerprint density at radius 2 is 2.00 bits per heavy atom. The molecule has 0 bridgehead atoms. The van der Waals surface area contributed by atoms with Crippen molar-refractivity contribution in [2.75, 3.05) is 14.2 Å². The van der Waals surface area contributed by atoms with Crippen molar-refractivity contribution in [1.82, 2.24) is 0 Å². The summed E-state index contributed by atoms with van der Waals surface area (Å²) in [6.45, 7) is 1.42. The molecule has 1 unspecified atom stereocenters. The first-order valence-electron chi connectivity index (χ1n) is 4.94. The Bertz CT molecular complexity index is 371. The van der Waals surface area contributed by atoms with Crippen LogP contribution in [0.25, 0.3) is 0 Å². The molecule has 1 aromatic carbocycles. The van der Waals surface area contributed by atoms with Gasteiger partial charge >= 0.3 is 5.97 Å². The van der Waals surface area contributed by atoms with Gasteiger partial charge in [-0.05, 0) is 18.6 Å². The average Bonchev–Trinajstić information content (AvgIpc) is 2.28. The van der Waals surface area contributed by atoms with E-state index in [-0.39, 0.29) is 6.42 Å². The highest BCUT2D eigenvalue weighted by Crippen LogP contribution is 2.23. The van der Waals surface area contributed by atoms with Crippen molar-refractivity contribution in [2.45, 2.75) is 18.9 Å². The number of aliphatic hydroxyl groups is 1. The summed E-state index contributed by atoms with van der Waals surface area (Å²) in [6.07, 6.45) is 0.156. The van der Waals surface area contributed by atoms with Crippen molar-refractivity contribution in [3.8, 4) is 5.75 Å². The Labute approximate surface area is 94.8 Å². The third-order valence-electron chi connectivity index (χ3n) is 2.35. The molecule has 1 N–H and O–H groups in total. The second-order valence-corrected chi connectivity index (χ2v) is 3.75. The van der Waals surface area contributed by atoms with Gasteiger partial charge in [0.2, 0.25) is 0 Å². The number of benzene rings is 1. The van der Waals surface area contributed by atoms with Gasteiger partial charge in [0.1, 0.15) is 5.75 Å². The van der Waals surface area contributed by atoms with E-state index in [2.05, 4.69) is 4.74 Å². The number of carbonyl (C=O) groups is 1. The first-order valence-corrected chi connectivity index (χ1v) is 4.94. The number of ether oxygens (including phenoxy) is 2. The summed E-state index contributed by atoms with van der Waals surface area (Å²) in [7, 11) is 2.80. The number of hydrogen-bond donors (Lipinski definition) is 1. The van der Waals surface area contributed by atoms with E-state index >= 15 is 0 Å². The van der Waals surface area contributed by atoms with Gasteiger partial charge < -0.3 is 14.6 Å². The summed E-state index contributed by atoms with van der Waals surface area (Å²) < 4.78 is 9.67. The fourth-order valence-electron chi connectivity index (χ4n) is 1.51. The van der Waals surface area contributed by atoms with E-state index in [9.17, 15) is 9.90 Å². The lowest BCUT2D eigenvalue weighted by Gasteiger charge is -2.21. The Kier molecular flexibility index (Phi) is 3.90. The lowest BCUT2D eigenvalue weighted by molar-refractivity contribution is -0.160. The fourth-order valence-corrected chi connectivity index (χ4v) is 1.51. The van der Waals surface area contributed by atoms with Crippen molar-refractivity contribution in [2.24, 2.45) is 0 Å². The van der Waals surface area contributed by atoms with Crippen LogP contribution in [0.5, 0.6) is 5.75 Å². The molecule has 1 rings (SSSR count). The fraction of sp³-hybridized carbons (Fsp3) is 0.417. The molecule has 88 valence electrons. The molecule has 0 saturated heterocycles. The molecule has 0 heterocycles. The van der Waals surface area contributed by atoms with Gasteiger partial charge in [-0.1, -0.05) is 18.2 Å². The zero-order valence-corrected chi connectivity index (χ0v) is 9.69. The molecule has 16 heavy (non-hydrogen) atoms. The van der Waals surface area contributed by atoms with Crippen LogP contribution in [0.1, 0.15) is 12.5 Å². The highest BCUT2D eigenvalue weighted by atomic mass is 16.5. The van der Waals surface area contributed by atoms with Crippen LogP contribution < -0.4 is 4.74 Å². The zero-order valence-electron chi connectivity index (χ0n) is 9.69. The summed E-state index contributed by atoms with van der Waals surface area (Å²) in [5, 5.41) is 9.93. The molecule has 1 aromatic rings. The molecule has 0 aromatic heterocycles. The van der Waals surface area contributed by atoms with E-state index in [0.717, 1.165) is 5.56 Å². The highest BCUT2D eigenvalue weighted by molar-refractivity contribution is 5.79. The molecule has 4 heteroatoms. The molecular formula is C12H16O4. The summed E-state index contributed by atoms with van der Waals surface area (Å²) in [5.74, 6) is -0.00918. The highest BCUT2D eigenvalue weighted by Gasteiger charge is 2.32. The third kappa shape index (κ3) is 2.73. The van der Waals surface area contributed by atoms with Gasteiger partial charge in [-0.15, -0.1) is 0 Å². The Balaban J connectivity index is 2.91. The minimum absolute atomic E-state index is 0.156. The third-order valence-corrected chi connectivity index (χ3v) is 2.35. The molecule has 0 aliphatic rings. The van der Waals surface area contributed by atoms with Crippen LogP contribution in [-0.4, -0.2) is 30.9 Å². The van der Waals surface area contributed by atoms with Crippen molar-refractivity contribution < 1.29 is 19.4 Å². The molecule has 0 fully saturated rings. The average molecular weight is 224 g/mol. The standard InChI is InChI=1S/C12H16O4/c1-12(14,11(13)16-3)8-9-6-4-5-7-10(9)15-2/h4-7,14H,8H2,1-3H3. The number of esters is 1. The van der Waals surface area contributed by atoms with Crippen LogP contribution in [0.2, 0.25) is 0 Å². The molecule has 0 aliphatic heterocycles. The number of methoxy groups -OCH3 is 2. The van der Waals surface area contributed by atoms with Gasteiger partial charge in [0.05, 0.1) is 14.2 Å². The van der Waals surface area contributed by atoms with Crippen LogP contribution in [-0.2, 0) is 16.0 Å². The quantitative estimate of drug-likeness (QED) is 0.780. The maximum atomic E-state index is 11.3. The smallest absolute Gasteiger partial charge is 0.337 e. The molecule has 0 amide bonds. The first-order chi connectivity index (χ1) is 7.51. The van der Waals surface area contributed by atoms with Crippen LogP contribution in [0.3, 0.4) is 0 Å². The van der Waals surface area contributed by atoms with Crippen LogP contribution in [0, 0.1) is 0 Å². The minimum Gasteiger partial charge on any atom is -0.496 e. The van der Waals surface area contributed by atoms with E-state index in [1.807, 2.05) is 12.1 Å². The van der Waals surface area contributed by atoms with Gasteiger partial charge in [0.15, 0.2) is 5.60 Å². The first kappa shape index (κ1) is 12.5. The van der Waals surface area contributed by atoms with E-state index in [1.165, 1.54) is 14.0 Å². The van der Waals surface area contributed by atoms with E-state index in [1.54, 1.807) is 19.2 Å². The Hall–Kier alpha value is -1.55. The van der Waals surface area contributed by atoms with Crippen LogP contribution >= 0.6 is 0 Å². The maximum Gasteiger partial charge on any atom is 0.337 e. The SMILES string of the molecule is COC(=O)C(C)(O)Cc1ccccc1OC. The molecule has 0 spiro atoms. The predicted octanol–water partition coefficient (Wildman–Crippen LogP) is 1.16. The monoisotopic (exact) mass is 224 g/mol. The normalized spacial score (nSPS) is 14.0. The topological polar surface area (TPSA) is 55.8 Å². The van der Waals surface area contributed by atoms with Crippen molar-refractivity contribution in [3.05, 3.63) is 29.8 Å². The number of carbonyl (C=O) groups excluding carboxylic acids is 1. The molecule has 1 atom stereocenters. The molecule has 4 nitrogen and oxygen atoms in total. The second kappa shape index (κ2) is 4.99. The van der Waals surface area contributed by atoms with Crippen molar-refractivity contribution in [1.29, 1.82) is 0 Å². The Morgan fingerprint density at radius 3 is 2.56 bits per heavy atom. The van der Waals surface area contributed by atoms with Gasteiger partial charge in [0, 0.05) is 6.42 Å².